The summed E-state index contributed by atoms with van der Waals surface area (Å²) in [5.41, 5.74) is 0. The molecule has 1 rings (SSSR count). The van der Waals surface area contributed by atoms with Gasteiger partial charge < -0.3 is 9.47 Å². The molecule has 0 aromatic heterocycles. The average Bonchev–Trinajstić information content (AvgIpc) is 2.16. The van der Waals surface area contributed by atoms with Crippen molar-refractivity contribution in [1.29, 1.82) is 0 Å². The second-order valence-electron chi connectivity index (χ2n) is 2.51. The van der Waals surface area contributed by atoms with E-state index in [9.17, 15) is 0 Å². The molecule has 0 aromatic carbocycles. The van der Waals surface area contributed by atoms with Crippen molar-refractivity contribution in [3.63, 3.8) is 0 Å². The zero-order valence-electron chi connectivity index (χ0n) is 7.70. The summed E-state index contributed by atoms with van der Waals surface area (Å²) in [7, 11) is 3.23. The van der Waals surface area contributed by atoms with Crippen LogP contribution in [0.1, 0.15) is 13.3 Å². The van der Waals surface area contributed by atoms with Gasteiger partial charge in [0.05, 0.1) is 14.2 Å². The van der Waals surface area contributed by atoms with Crippen LogP contribution in [0, 0.1) is 0 Å². The smallest absolute Gasteiger partial charge is 0.209 e. The predicted molar refractivity (Wildman–Crippen MR) is 47.8 cm³/mol. The summed E-state index contributed by atoms with van der Waals surface area (Å²) >= 11 is 0. The summed E-state index contributed by atoms with van der Waals surface area (Å²) in [5, 5.41) is 0. The summed E-state index contributed by atoms with van der Waals surface area (Å²) in [6, 6.07) is 0.0405. The number of hydrogen-bond donors (Lipinski definition) is 0. The molecule has 0 fully saturated rings. The molecule has 0 saturated carbocycles. The first kappa shape index (κ1) is 9.03. The number of rotatable bonds is 1. The van der Waals surface area contributed by atoms with Crippen LogP contribution in [0.2, 0.25) is 0 Å². The third-order valence-corrected chi connectivity index (χ3v) is 1.79. The van der Waals surface area contributed by atoms with Crippen molar-refractivity contribution in [2.45, 2.75) is 19.4 Å². The zero-order valence-corrected chi connectivity index (χ0v) is 7.70. The number of hydrogen-bond acceptors (Lipinski definition) is 4. The van der Waals surface area contributed by atoms with E-state index in [1.54, 1.807) is 14.2 Å². The number of aliphatic imine (C=N–C) groups is 2. The van der Waals surface area contributed by atoms with E-state index in [1.807, 2.05) is 6.92 Å². The van der Waals surface area contributed by atoms with E-state index in [-0.39, 0.29) is 6.04 Å². The van der Waals surface area contributed by atoms with E-state index in [0.717, 1.165) is 6.42 Å². The Balaban J connectivity index is 2.68. The molecule has 4 heteroatoms. The normalized spacial score (nSPS) is 22.8. The van der Waals surface area contributed by atoms with Crippen LogP contribution >= 0.6 is 0 Å². The molecular formula is C8H14N2O2. The van der Waals surface area contributed by atoms with Crippen LogP contribution in [-0.2, 0) is 9.47 Å². The molecule has 0 bridgehead atoms. The maximum atomic E-state index is 5.07. The van der Waals surface area contributed by atoms with Crippen molar-refractivity contribution in [3.8, 4) is 0 Å². The molecule has 1 unspecified atom stereocenters. The lowest BCUT2D eigenvalue weighted by atomic mass is 10.2. The minimum absolute atomic E-state index is 0.0405. The quantitative estimate of drug-likeness (QED) is 0.586. The van der Waals surface area contributed by atoms with Gasteiger partial charge in [-0.3, -0.25) is 0 Å². The van der Waals surface area contributed by atoms with Crippen molar-refractivity contribution < 1.29 is 9.47 Å². The monoisotopic (exact) mass is 170 g/mol. The highest BCUT2D eigenvalue weighted by Gasteiger charge is 2.19. The Morgan fingerprint density at radius 1 is 1.42 bits per heavy atom. The molecule has 0 amide bonds. The highest BCUT2D eigenvalue weighted by Crippen LogP contribution is 2.07. The van der Waals surface area contributed by atoms with Gasteiger partial charge in [0.2, 0.25) is 11.8 Å². The Kier molecular flexibility index (Phi) is 3.08. The Bertz CT molecular complexity index is 211. The number of ether oxygens (including phenoxy) is 2. The van der Waals surface area contributed by atoms with Gasteiger partial charge in [-0.05, 0) is 6.42 Å². The molecule has 1 aliphatic rings. The van der Waals surface area contributed by atoms with Crippen LogP contribution in [0.3, 0.4) is 0 Å². The average molecular weight is 170 g/mol. The molecule has 4 nitrogen and oxygen atoms in total. The number of nitrogens with zero attached hydrogens (tertiary/aromatic N) is 2. The maximum absolute atomic E-state index is 5.07. The predicted octanol–water partition coefficient (Wildman–Crippen LogP) is 0.868. The fourth-order valence-corrected chi connectivity index (χ4v) is 1.10. The van der Waals surface area contributed by atoms with Crippen molar-refractivity contribution >= 4 is 11.8 Å². The molecule has 0 saturated heterocycles. The van der Waals surface area contributed by atoms with Gasteiger partial charge in [-0.2, -0.15) is 0 Å². The van der Waals surface area contributed by atoms with Crippen molar-refractivity contribution in [2.24, 2.45) is 9.98 Å². The van der Waals surface area contributed by atoms with Gasteiger partial charge in [0.15, 0.2) is 0 Å². The summed E-state index contributed by atoms with van der Waals surface area (Å²) in [5.74, 6) is 1.39. The molecule has 0 spiro atoms. The van der Waals surface area contributed by atoms with Gasteiger partial charge in [-0.15, -0.1) is 0 Å². The van der Waals surface area contributed by atoms with E-state index in [4.69, 9.17) is 9.47 Å². The largest absolute Gasteiger partial charge is 0.483 e. The fraction of sp³-hybridized carbons (Fsp3) is 0.750. The molecule has 0 radical (unpaired) electrons. The Hall–Kier alpha value is -1.06. The van der Waals surface area contributed by atoms with Crippen molar-refractivity contribution in [3.05, 3.63) is 0 Å². The molecule has 68 valence electrons. The Labute approximate surface area is 72.3 Å². The lowest BCUT2D eigenvalue weighted by molar-refractivity contribution is 0.358. The van der Waals surface area contributed by atoms with E-state index in [1.165, 1.54) is 0 Å². The molecule has 0 aliphatic carbocycles. The second kappa shape index (κ2) is 4.09. The van der Waals surface area contributed by atoms with Crippen LogP contribution in [0.25, 0.3) is 0 Å². The minimum atomic E-state index is 0.0405. The second-order valence-corrected chi connectivity index (χ2v) is 2.51. The van der Waals surface area contributed by atoms with Crippen molar-refractivity contribution in [2.75, 3.05) is 20.8 Å². The molecule has 0 aromatic rings. The van der Waals surface area contributed by atoms with E-state index < -0.39 is 0 Å². The minimum Gasteiger partial charge on any atom is -0.483 e. The molecule has 0 N–H and O–H groups in total. The van der Waals surface area contributed by atoms with Gasteiger partial charge >= 0.3 is 0 Å². The topological polar surface area (TPSA) is 43.2 Å². The summed E-state index contributed by atoms with van der Waals surface area (Å²) < 4.78 is 10.1. The van der Waals surface area contributed by atoms with Gasteiger partial charge in [0.1, 0.15) is 12.6 Å². The summed E-state index contributed by atoms with van der Waals surface area (Å²) in [4.78, 5) is 8.50. The van der Waals surface area contributed by atoms with Crippen LogP contribution in [0.15, 0.2) is 9.98 Å². The van der Waals surface area contributed by atoms with Crippen molar-refractivity contribution in [1.82, 2.24) is 0 Å². The van der Waals surface area contributed by atoms with Gasteiger partial charge in [-0.25, -0.2) is 9.98 Å². The first-order chi connectivity index (χ1) is 5.81. The van der Waals surface area contributed by atoms with E-state index >= 15 is 0 Å². The zero-order chi connectivity index (χ0) is 8.97. The molecule has 12 heavy (non-hydrogen) atoms. The Morgan fingerprint density at radius 3 is 2.67 bits per heavy atom. The van der Waals surface area contributed by atoms with Crippen LogP contribution in [0.4, 0.5) is 0 Å². The maximum Gasteiger partial charge on any atom is 0.209 e. The molecule has 1 aliphatic heterocycles. The highest BCUT2D eigenvalue weighted by atomic mass is 16.5. The van der Waals surface area contributed by atoms with Gasteiger partial charge in [-0.1, -0.05) is 6.92 Å². The van der Waals surface area contributed by atoms with Crippen LogP contribution in [0.5, 0.6) is 0 Å². The van der Waals surface area contributed by atoms with Crippen LogP contribution in [-0.4, -0.2) is 38.6 Å². The first-order valence-electron chi connectivity index (χ1n) is 4.00. The number of methoxy groups -OCH3 is 2. The fourth-order valence-electron chi connectivity index (χ4n) is 1.10. The molecule has 1 atom stereocenters. The lowest BCUT2D eigenvalue weighted by Crippen LogP contribution is -2.28. The van der Waals surface area contributed by atoms with E-state index in [2.05, 4.69) is 9.98 Å². The molecule has 1 heterocycles. The van der Waals surface area contributed by atoms with E-state index in [0.29, 0.717) is 18.3 Å². The first-order valence-corrected chi connectivity index (χ1v) is 4.00. The highest BCUT2D eigenvalue weighted by molar-refractivity contribution is 5.91. The summed E-state index contributed by atoms with van der Waals surface area (Å²) in [6.07, 6.45) is 0.888. The SMILES string of the molecule is CCC1N=C(OC)CN=C1OC. The third kappa shape index (κ3) is 1.75. The third-order valence-electron chi connectivity index (χ3n) is 1.79. The standard InChI is InChI=1S/C8H14N2O2/c1-4-6-8(12-3)9-5-7(10-6)11-2/h6H,4-5H2,1-3H3. The molecular weight excluding hydrogens is 156 g/mol. The van der Waals surface area contributed by atoms with Gasteiger partial charge in [0, 0.05) is 0 Å². The van der Waals surface area contributed by atoms with Crippen LogP contribution < -0.4 is 0 Å². The van der Waals surface area contributed by atoms with Gasteiger partial charge in [0.25, 0.3) is 0 Å². The Morgan fingerprint density at radius 2 is 2.17 bits per heavy atom. The lowest BCUT2D eigenvalue weighted by Gasteiger charge is -2.17. The summed E-state index contributed by atoms with van der Waals surface area (Å²) in [6.45, 7) is 2.54.